The maximum Gasteiger partial charge on any atom is 0.236 e. The van der Waals surface area contributed by atoms with Gasteiger partial charge in [0.1, 0.15) is 6.23 Å². The van der Waals surface area contributed by atoms with Gasteiger partial charge < -0.3 is 24.2 Å². The Morgan fingerprint density at radius 3 is 2.38 bits per heavy atom. The summed E-state index contributed by atoms with van der Waals surface area (Å²) >= 11 is 0. The van der Waals surface area contributed by atoms with E-state index in [2.05, 4.69) is 9.80 Å². The number of nitrogens with zero attached hydrogens (tertiary/aromatic N) is 3. The number of amides is 1. The van der Waals surface area contributed by atoms with E-state index in [-0.39, 0.29) is 12.1 Å². The average molecular weight is 373 g/mol. The Morgan fingerprint density at radius 1 is 1.15 bits per heavy atom. The zero-order chi connectivity index (χ0) is 19.0. The van der Waals surface area contributed by atoms with E-state index in [1.807, 2.05) is 4.90 Å². The van der Waals surface area contributed by atoms with Crippen molar-refractivity contribution in [2.45, 2.75) is 38.2 Å². The highest BCUT2D eigenvalue weighted by atomic mass is 16.6. The van der Waals surface area contributed by atoms with Gasteiger partial charge in [0.2, 0.25) is 5.91 Å². The first-order chi connectivity index (χ1) is 12.4. The van der Waals surface area contributed by atoms with Crippen molar-refractivity contribution in [1.82, 2.24) is 14.7 Å². The Labute approximate surface area is 157 Å². The summed E-state index contributed by atoms with van der Waals surface area (Å²) in [5.41, 5.74) is 0. The molecule has 2 aliphatic rings. The lowest BCUT2D eigenvalue weighted by Gasteiger charge is -2.39. The summed E-state index contributed by atoms with van der Waals surface area (Å²) in [6, 6.07) is 0. The van der Waals surface area contributed by atoms with E-state index >= 15 is 0 Å². The van der Waals surface area contributed by atoms with Gasteiger partial charge in [-0.3, -0.25) is 14.6 Å². The van der Waals surface area contributed by atoms with Gasteiger partial charge in [-0.05, 0) is 19.8 Å². The predicted molar refractivity (Wildman–Crippen MR) is 97.7 cm³/mol. The number of ether oxygens (including phenoxy) is 3. The van der Waals surface area contributed by atoms with E-state index in [4.69, 9.17) is 14.2 Å². The molecule has 2 fully saturated rings. The smallest absolute Gasteiger partial charge is 0.236 e. The quantitative estimate of drug-likeness (QED) is 0.569. The van der Waals surface area contributed by atoms with Crippen LogP contribution < -0.4 is 0 Å². The number of rotatable bonds is 9. The number of aliphatic hydroxyl groups is 1. The monoisotopic (exact) mass is 373 g/mol. The van der Waals surface area contributed by atoms with Gasteiger partial charge in [0.05, 0.1) is 19.8 Å². The second-order valence-corrected chi connectivity index (χ2v) is 7.27. The minimum Gasteiger partial charge on any atom is -0.378 e. The molecule has 0 aromatic rings. The molecule has 26 heavy (non-hydrogen) atoms. The van der Waals surface area contributed by atoms with E-state index in [0.29, 0.717) is 39.3 Å². The molecule has 2 unspecified atom stereocenters. The van der Waals surface area contributed by atoms with Gasteiger partial charge in [0.25, 0.3) is 0 Å². The highest BCUT2D eigenvalue weighted by molar-refractivity contribution is 5.78. The molecule has 2 rings (SSSR count). The molecule has 152 valence electrons. The molecular formula is C18H35N3O5. The first-order valence-corrected chi connectivity index (χ1v) is 9.57. The van der Waals surface area contributed by atoms with E-state index in [1.54, 1.807) is 14.0 Å². The van der Waals surface area contributed by atoms with Crippen molar-refractivity contribution in [3.63, 3.8) is 0 Å². The lowest BCUT2D eigenvalue weighted by Crippen LogP contribution is -2.54. The standard InChI is InChI=1S/C18H35N3O5/c1-18(23,25-3)6-4-5-17(24-2)21-9-7-19(8-10-21)15-16(22)20-11-13-26-14-12-20/h17,23H,4-15H2,1-3H3. The maximum absolute atomic E-state index is 12.4. The first-order valence-electron chi connectivity index (χ1n) is 9.57. The van der Waals surface area contributed by atoms with Crippen molar-refractivity contribution >= 4 is 5.91 Å². The number of morpholine rings is 1. The molecule has 0 aromatic heterocycles. The van der Waals surface area contributed by atoms with E-state index in [1.165, 1.54) is 7.11 Å². The molecule has 2 saturated heterocycles. The molecule has 1 N–H and O–H groups in total. The van der Waals surface area contributed by atoms with Gasteiger partial charge >= 0.3 is 0 Å². The predicted octanol–water partition coefficient (Wildman–Crippen LogP) is -0.0395. The fourth-order valence-corrected chi connectivity index (χ4v) is 3.47. The molecule has 2 atom stereocenters. The topological polar surface area (TPSA) is 74.7 Å². The van der Waals surface area contributed by atoms with Crippen LogP contribution in [-0.2, 0) is 19.0 Å². The lowest BCUT2D eigenvalue weighted by atomic mass is 10.1. The van der Waals surface area contributed by atoms with Crippen LogP contribution in [0.15, 0.2) is 0 Å². The molecule has 1 amide bonds. The molecule has 0 spiro atoms. The first kappa shape index (κ1) is 21.5. The van der Waals surface area contributed by atoms with Crippen molar-refractivity contribution in [1.29, 1.82) is 0 Å². The Kier molecular flexibility index (Phi) is 8.72. The van der Waals surface area contributed by atoms with Crippen LogP contribution in [-0.4, -0.2) is 111 Å². The normalized spacial score (nSPS) is 23.6. The molecule has 8 nitrogen and oxygen atoms in total. The fourth-order valence-electron chi connectivity index (χ4n) is 3.47. The molecule has 0 aromatic carbocycles. The third-order valence-corrected chi connectivity index (χ3v) is 5.34. The van der Waals surface area contributed by atoms with Gasteiger partial charge in [-0.1, -0.05) is 0 Å². The largest absolute Gasteiger partial charge is 0.378 e. The number of carbonyl (C=O) groups excluding carboxylic acids is 1. The summed E-state index contributed by atoms with van der Waals surface area (Å²) in [5.74, 6) is -0.872. The van der Waals surface area contributed by atoms with Crippen LogP contribution in [0.4, 0.5) is 0 Å². The van der Waals surface area contributed by atoms with Crippen molar-refractivity contribution in [2.24, 2.45) is 0 Å². The van der Waals surface area contributed by atoms with Crippen molar-refractivity contribution in [3.05, 3.63) is 0 Å². The molecule has 0 saturated carbocycles. The highest BCUT2D eigenvalue weighted by Gasteiger charge is 2.27. The molecule has 8 heteroatoms. The average Bonchev–Trinajstić information content (AvgIpc) is 2.67. The van der Waals surface area contributed by atoms with Crippen LogP contribution in [0.1, 0.15) is 26.2 Å². The van der Waals surface area contributed by atoms with Crippen LogP contribution in [0.2, 0.25) is 0 Å². The number of carbonyl (C=O) groups is 1. The van der Waals surface area contributed by atoms with E-state index < -0.39 is 5.79 Å². The Balaban J connectivity index is 1.69. The number of methoxy groups -OCH3 is 2. The Morgan fingerprint density at radius 2 is 1.81 bits per heavy atom. The molecule has 0 radical (unpaired) electrons. The SMILES string of the molecule is COC(CCCC(C)(O)OC)N1CCN(CC(=O)N2CCOCC2)CC1. The third kappa shape index (κ3) is 6.75. The summed E-state index contributed by atoms with van der Waals surface area (Å²) in [5, 5.41) is 9.92. The second-order valence-electron chi connectivity index (χ2n) is 7.27. The zero-order valence-electron chi connectivity index (χ0n) is 16.5. The summed E-state index contributed by atoms with van der Waals surface area (Å²) < 4.78 is 16.0. The molecular weight excluding hydrogens is 338 g/mol. The molecule has 2 heterocycles. The van der Waals surface area contributed by atoms with E-state index in [0.717, 1.165) is 39.0 Å². The summed E-state index contributed by atoms with van der Waals surface area (Å²) in [7, 11) is 3.25. The minimum absolute atomic E-state index is 0.0414. The van der Waals surface area contributed by atoms with Crippen LogP contribution >= 0.6 is 0 Å². The van der Waals surface area contributed by atoms with Crippen LogP contribution in [0.5, 0.6) is 0 Å². The summed E-state index contributed by atoms with van der Waals surface area (Å²) in [6.45, 7) is 8.37. The highest BCUT2D eigenvalue weighted by Crippen LogP contribution is 2.18. The fraction of sp³-hybridized carbons (Fsp3) is 0.944. The molecule has 0 bridgehead atoms. The Bertz CT molecular complexity index is 421. The summed E-state index contributed by atoms with van der Waals surface area (Å²) in [6.07, 6.45) is 2.30. The van der Waals surface area contributed by atoms with Crippen LogP contribution in [0.25, 0.3) is 0 Å². The van der Waals surface area contributed by atoms with Gasteiger partial charge in [0.15, 0.2) is 5.79 Å². The van der Waals surface area contributed by atoms with Crippen molar-refractivity contribution in [2.75, 3.05) is 73.2 Å². The number of hydrogen-bond acceptors (Lipinski definition) is 7. The zero-order valence-corrected chi connectivity index (χ0v) is 16.5. The molecule has 0 aliphatic carbocycles. The lowest BCUT2D eigenvalue weighted by molar-refractivity contribution is -0.177. The van der Waals surface area contributed by atoms with Gasteiger partial charge in [-0.2, -0.15) is 0 Å². The maximum atomic E-state index is 12.4. The number of piperazine rings is 1. The third-order valence-electron chi connectivity index (χ3n) is 5.34. The van der Waals surface area contributed by atoms with Gasteiger partial charge in [-0.15, -0.1) is 0 Å². The molecule has 2 aliphatic heterocycles. The van der Waals surface area contributed by atoms with Gasteiger partial charge in [-0.25, -0.2) is 0 Å². The van der Waals surface area contributed by atoms with Crippen LogP contribution in [0.3, 0.4) is 0 Å². The number of hydrogen-bond donors (Lipinski definition) is 1. The van der Waals surface area contributed by atoms with Crippen molar-refractivity contribution < 1.29 is 24.1 Å². The minimum atomic E-state index is -1.07. The second kappa shape index (κ2) is 10.5. The Hall–Kier alpha value is -0.770. The van der Waals surface area contributed by atoms with E-state index in [9.17, 15) is 9.90 Å². The van der Waals surface area contributed by atoms with Crippen LogP contribution in [0, 0.1) is 0 Å². The van der Waals surface area contributed by atoms with Gasteiger partial charge in [0, 0.05) is 59.9 Å². The summed E-state index contributed by atoms with van der Waals surface area (Å²) in [4.78, 5) is 18.8. The van der Waals surface area contributed by atoms with Crippen molar-refractivity contribution in [3.8, 4) is 0 Å².